The van der Waals surface area contributed by atoms with Crippen molar-refractivity contribution in [3.8, 4) is 39.4 Å². The zero-order chi connectivity index (χ0) is 24.6. The van der Waals surface area contributed by atoms with Gasteiger partial charge in [0.15, 0.2) is 0 Å². The Morgan fingerprint density at radius 3 is 2.54 bits per heavy atom. The SMILES string of the molecule is c1cc(-c2ccncc2)c2cc(-c3n[nH]c4ccc(-c5cncc(OC6CCNCC6)c5)cc34)[nH]c2c1. The molecule has 2 aromatic carbocycles. The molecule has 7 heteroatoms. The second kappa shape index (κ2) is 9.19. The van der Waals surface area contributed by atoms with Crippen LogP contribution in [0.2, 0.25) is 0 Å². The molecule has 0 aliphatic carbocycles. The molecule has 7 nitrogen and oxygen atoms in total. The number of nitrogens with one attached hydrogen (secondary N) is 3. The van der Waals surface area contributed by atoms with Gasteiger partial charge >= 0.3 is 0 Å². The Kier molecular flexibility index (Phi) is 5.40. The van der Waals surface area contributed by atoms with Crippen molar-refractivity contribution < 1.29 is 4.74 Å². The molecule has 37 heavy (non-hydrogen) atoms. The highest BCUT2D eigenvalue weighted by atomic mass is 16.5. The van der Waals surface area contributed by atoms with E-state index in [1.807, 2.05) is 30.7 Å². The van der Waals surface area contributed by atoms with Gasteiger partial charge in [-0.2, -0.15) is 5.10 Å². The summed E-state index contributed by atoms with van der Waals surface area (Å²) in [6.45, 7) is 1.99. The number of benzene rings is 2. The van der Waals surface area contributed by atoms with Gasteiger partial charge in [-0.1, -0.05) is 18.2 Å². The minimum atomic E-state index is 0.236. The average molecular weight is 487 g/mol. The number of aromatic amines is 2. The van der Waals surface area contributed by atoms with Gasteiger partial charge in [0.2, 0.25) is 0 Å². The number of pyridine rings is 2. The molecule has 0 saturated carbocycles. The van der Waals surface area contributed by atoms with E-state index in [2.05, 4.69) is 79.0 Å². The lowest BCUT2D eigenvalue weighted by Gasteiger charge is -2.23. The third kappa shape index (κ3) is 4.13. The molecule has 5 heterocycles. The third-order valence-corrected chi connectivity index (χ3v) is 7.11. The predicted octanol–water partition coefficient (Wildman–Crippen LogP) is 5.97. The maximum Gasteiger partial charge on any atom is 0.138 e. The highest BCUT2D eigenvalue weighted by Crippen LogP contribution is 2.35. The smallest absolute Gasteiger partial charge is 0.138 e. The van der Waals surface area contributed by atoms with E-state index < -0.39 is 0 Å². The summed E-state index contributed by atoms with van der Waals surface area (Å²) in [5.74, 6) is 0.816. The van der Waals surface area contributed by atoms with E-state index >= 15 is 0 Å². The summed E-state index contributed by atoms with van der Waals surface area (Å²) in [6, 6.07) is 21.0. The Labute approximate surface area is 213 Å². The normalized spacial score (nSPS) is 14.4. The second-order valence-electron chi connectivity index (χ2n) is 9.49. The quantitative estimate of drug-likeness (QED) is 0.279. The van der Waals surface area contributed by atoms with E-state index in [0.717, 1.165) is 81.6 Å². The third-order valence-electron chi connectivity index (χ3n) is 7.11. The molecule has 6 aromatic rings. The number of fused-ring (bicyclic) bond motifs is 2. The fraction of sp³-hybridized carbons (Fsp3) is 0.167. The second-order valence-corrected chi connectivity index (χ2v) is 9.49. The Hall–Kier alpha value is -4.49. The number of hydrogen-bond donors (Lipinski definition) is 3. The van der Waals surface area contributed by atoms with Gasteiger partial charge < -0.3 is 15.0 Å². The Morgan fingerprint density at radius 1 is 0.757 bits per heavy atom. The average Bonchev–Trinajstić information content (AvgIpc) is 3.58. The lowest BCUT2D eigenvalue weighted by atomic mass is 10.0. The number of rotatable bonds is 5. The molecule has 1 saturated heterocycles. The summed E-state index contributed by atoms with van der Waals surface area (Å²) >= 11 is 0. The van der Waals surface area contributed by atoms with Crippen LogP contribution in [0.5, 0.6) is 5.75 Å². The molecule has 0 radical (unpaired) electrons. The van der Waals surface area contributed by atoms with Crippen LogP contribution in [-0.4, -0.2) is 44.3 Å². The first kappa shape index (κ1) is 21.8. The first-order valence-electron chi connectivity index (χ1n) is 12.7. The van der Waals surface area contributed by atoms with Gasteiger partial charge in [0, 0.05) is 40.4 Å². The van der Waals surface area contributed by atoms with Crippen LogP contribution in [0, 0.1) is 0 Å². The molecule has 0 unspecified atom stereocenters. The van der Waals surface area contributed by atoms with Crippen molar-refractivity contribution in [2.75, 3.05) is 13.1 Å². The van der Waals surface area contributed by atoms with Crippen molar-refractivity contribution in [1.82, 2.24) is 30.5 Å². The van der Waals surface area contributed by atoms with E-state index in [-0.39, 0.29) is 6.10 Å². The van der Waals surface area contributed by atoms with Crippen molar-refractivity contribution in [3.63, 3.8) is 0 Å². The van der Waals surface area contributed by atoms with Gasteiger partial charge in [0.25, 0.3) is 0 Å². The van der Waals surface area contributed by atoms with Crippen LogP contribution in [0.1, 0.15) is 12.8 Å². The largest absolute Gasteiger partial charge is 0.489 e. The molecule has 3 N–H and O–H groups in total. The van der Waals surface area contributed by atoms with Crippen LogP contribution in [0.4, 0.5) is 0 Å². The minimum absolute atomic E-state index is 0.236. The molecule has 4 aromatic heterocycles. The molecular weight excluding hydrogens is 460 g/mol. The van der Waals surface area contributed by atoms with Gasteiger partial charge in [-0.15, -0.1) is 0 Å². The molecule has 1 fully saturated rings. The fourth-order valence-electron chi connectivity index (χ4n) is 5.21. The van der Waals surface area contributed by atoms with Crippen LogP contribution in [-0.2, 0) is 0 Å². The van der Waals surface area contributed by atoms with Gasteiger partial charge in [0.1, 0.15) is 17.5 Å². The minimum Gasteiger partial charge on any atom is -0.489 e. The van der Waals surface area contributed by atoms with Crippen LogP contribution >= 0.6 is 0 Å². The number of aromatic nitrogens is 5. The number of nitrogens with zero attached hydrogens (tertiary/aromatic N) is 3. The maximum absolute atomic E-state index is 6.23. The molecule has 0 spiro atoms. The monoisotopic (exact) mass is 486 g/mol. The summed E-state index contributed by atoms with van der Waals surface area (Å²) in [4.78, 5) is 12.2. The lowest BCUT2D eigenvalue weighted by molar-refractivity contribution is 0.162. The van der Waals surface area contributed by atoms with Gasteiger partial charge in [-0.25, -0.2) is 0 Å². The van der Waals surface area contributed by atoms with Crippen molar-refractivity contribution in [3.05, 3.63) is 85.5 Å². The molecule has 0 amide bonds. The first-order valence-corrected chi connectivity index (χ1v) is 12.7. The first-order chi connectivity index (χ1) is 18.3. The van der Waals surface area contributed by atoms with Crippen molar-refractivity contribution >= 4 is 21.8 Å². The summed E-state index contributed by atoms with van der Waals surface area (Å²) in [7, 11) is 0. The zero-order valence-electron chi connectivity index (χ0n) is 20.2. The van der Waals surface area contributed by atoms with E-state index in [4.69, 9.17) is 4.74 Å². The maximum atomic E-state index is 6.23. The Morgan fingerprint density at radius 2 is 1.65 bits per heavy atom. The van der Waals surface area contributed by atoms with Crippen molar-refractivity contribution in [2.45, 2.75) is 18.9 Å². The number of H-pyrrole nitrogens is 2. The fourth-order valence-corrected chi connectivity index (χ4v) is 5.21. The predicted molar refractivity (Wildman–Crippen MR) is 146 cm³/mol. The molecule has 0 bridgehead atoms. The molecule has 7 rings (SSSR count). The van der Waals surface area contributed by atoms with Crippen molar-refractivity contribution in [2.24, 2.45) is 0 Å². The van der Waals surface area contributed by atoms with Gasteiger partial charge in [-0.05, 0) is 85.1 Å². The van der Waals surface area contributed by atoms with E-state index in [1.54, 1.807) is 6.20 Å². The van der Waals surface area contributed by atoms with E-state index in [1.165, 1.54) is 5.56 Å². The standard InChI is InChI=1S/C30H26N6O/c1-2-24(19-6-10-31-11-7-19)25-16-29(34-27(25)3-1)30-26-15-20(4-5-28(26)35-36-30)21-14-23(18-33-17-21)37-22-8-12-32-13-9-22/h1-7,10-11,14-18,22,32,34H,8-9,12-13H2,(H,35,36). The van der Waals surface area contributed by atoms with Crippen LogP contribution < -0.4 is 10.1 Å². The lowest BCUT2D eigenvalue weighted by Crippen LogP contribution is -2.34. The summed E-state index contributed by atoms with van der Waals surface area (Å²) in [5.41, 5.74) is 8.33. The highest BCUT2D eigenvalue weighted by molar-refractivity contribution is 6.01. The number of hydrogen-bond acceptors (Lipinski definition) is 5. The van der Waals surface area contributed by atoms with Crippen LogP contribution in [0.25, 0.3) is 55.4 Å². The summed E-state index contributed by atoms with van der Waals surface area (Å²) in [6.07, 6.45) is 9.61. The molecule has 0 atom stereocenters. The van der Waals surface area contributed by atoms with E-state index in [9.17, 15) is 0 Å². The molecule has 1 aliphatic heterocycles. The van der Waals surface area contributed by atoms with Crippen LogP contribution in [0.15, 0.2) is 85.5 Å². The van der Waals surface area contributed by atoms with Crippen molar-refractivity contribution in [1.29, 1.82) is 0 Å². The number of ether oxygens (including phenoxy) is 1. The summed E-state index contributed by atoms with van der Waals surface area (Å²) < 4.78 is 6.23. The molecular formula is C30H26N6O. The van der Waals surface area contributed by atoms with E-state index in [0.29, 0.717) is 0 Å². The summed E-state index contributed by atoms with van der Waals surface area (Å²) in [5, 5.41) is 13.5. The Bertz CT molecular complexity index is 1700. The molecule has 182 valence electrons. The zero-order valence-corrected chi connectivity index (χ0v) is 20.2. The van der Waals surface area contributed by atoms with Gasteiger partial charge in [0.05, 0.1) is 17.4 Å². The topological polar surface area (TPSA) is 91.5 Å². The highest BCUT2D eigenvalue weighted by Gasteiger charge is 2.16. The Balaban J connectivity index is 1.26. The molecule has 1 aliphatic rings. The number of piperidine rings is 1. The van der Waals surface area contributed by atoms with Gasteiger partial charge in [-0.3, -0.25) is 15.1 Å². The van der Waals surface area contributed by atoms with Crippen LogP contribution in [0.3, 0.4) is 0 Å².